The maximum Gasteiger partial charge on any atom is 0.157 e. The van der Waals surface area contributed by atoms with Gasteiger partial charge in [-0.1, -0.05) is 6.92 Å². The van der Waals surface area contributed by atoms with Gasteiger partial charge in [0.25, 0.3) is 0 Å². The molecule has 6 heteroatoms. The number of thioether (sulfide) groups is 1. The summed E-state index contributed by atoms with van der Waals surface area (Å²) in [5.74, 6) is 1.47. The van der Waals surface area contributed by atoms with Gasteiger partial charge in [0, 0.05) is 24.1 Å². The number of nitrogen functional groups attached to an aromatic ring is 1. The van der Waals surface area contributed by atoms with Gasteiger partial charge in [-0.3, -0.25) is 0 Å². The van der Waals surface area contributed by atoms with Gasteiger partial charge in [0.05, 0.1) is 0 Å². The van der Waals surface area contributed by atoms with Gasteiger partial charge >= 0.3 is 0 Å². The molecule has 80 valence electrons. The van der Waals surface area contributed by atoms with Crippen LogP contribution in [-0.2, 0) is 0 Å². The Morgan fingerprint density at radius 1 is 1.67 bits per heavy atom. The number of hydrogen-bond donors (Lipinski definition) is 1. The molecular weight excluding hydrogens is 228 g/mol. The van der Waals surface area contributed by atoms with Crippen molar-refractivity contribution in [2.75, 3.05) is 29.5 Å². The molecule has 2 rings (SSSR count). The Hall–Kier alpha value is -0.930. The van der Waals surface area contributed by atoms with E-state index >= 15 is 0 Å². The minimum absolute atomic E-state index is 0.364. The Bertz CT molecular complexity index is 395. The maximum absolute atomic E-state index is 8.99. The molecule has 1 aromatic heterocycles. The van der Waals surface area contributed by atoms with Crippen molar-refractivity contribution in [3.8, 4) is 6.07 Å². The zero-order chi connectivity index (χ0) is 10.8. The molecule has 1 fully saturated rings. The quantitative estimate of drug-likeness (QED) is 0.806. The van der Waals surface area contributed by atoms with E-state index in [0.29, 0.717) is 16.6 Å². The van der Waals surface area contributed by atoms with E-state index < -0.39 is 0 Å². The summed E-state index contributed by atoms with van der Waals surface area (Å²) in [7, 11) is 0. The second kappa shape index (κ2) is 4.29. The van der Waals surface area contributed by atoms with E-state index in [2.05, 4.69) is 22.3 Å². The molecule has 2 N–H and O–H groups in total. The smallest absolute Gasteiger partial charge is 0.157 e. The topological polar surface area (TPSA) is 65.9 Å². The van der Waals surface area contributed by atoms with Crippen molar-refractivity contribution in [1.82, 2.24) is 4.37 Å². The van der Waals surface area contributed by atoms with Crippen molar-refractivity contribution in [3.05, 3.63) is 5.56 Å². The summed E-state index contributed by atoms with van der Waals surface area (Å²) in [4.78, 5) is 2.22. The van der Waals surface area contributed by atoms with Crippen molar-refractivity contribution in [3.63, 3.8) is 0 Å². The number of rotatable bonds is 1. The van der Waals surface area contributed by atoms with Crippen LogP contribution in [-0.4, -0.2) is 28.5 Å². The molecule has 4 nitrogen and oxygen atoms in total. The van der Waals surface area contributed by atoms with Crippen LogP contribution in [0.2, 0.25) is 0 Å². The molecule has 1 aliphatic rings. The van der Waals surface area contributed by atoms with Crippen molar-refractivity contribution in [2.45, 2.75) is 12.2 Å². The van der Waals surface area contributed by atoms with E-state index in [9.17, 15) is 0 Å². The highest BCUT2D eigenvalue weighted by Gasteiger charge is 2.22. The third-order valence-electron chi connectivity index (χ3n) is 2.34. The number of hydrogen-bond acceptors (Lipinski definition) is 6. The second-order valence-electron chi connectivity index (χ2n) is 3.49. The maximum atomic E-state index is 8.99. The lowest BCUT2D eigenvalue weighted by molar-refractivity contribution is 0.789. The average Bonchev–Trinajstić information content (AvgIpc) is 2.59. The van der Waals surface area contributed by atoms with Crippen LogP contribution in [0.1, 0.15) is 12.5 Å². The van der Waals surface area contributed by atoms with Crippen LogP contribution in [0.25, 0.3) is 0 Å². The molecule has 0 saturated carbocycles. The highest BCUT2D eigenvalue weighted by molar-refractivity contribution is 8.00. The average molecular weight is 240 g/mol. The van der Waals surface area contributed by atoms with Gasteiger partial charge in [-0.25, -0.2) is 0 Å². The molecule has 1 unspecified atom stereocenters. The van der Waals surface area contributed by atoms with Crippen LogP contribution in [0, 0.1) is 11.3 Å². The van der Waals surface area contributed by atoms with Crippen LogP contribution >= 0.6 is 23.3 Å². The summed E-state index contributed by atoms with van der Waals surface area (Å²) in [5, 5.41) is 10.5. The molecule has 15 heavy (non-hydrogen) atoms. The van der Waals surface area contributed by atoms with E-state index in [4.69, 9.17) is 11.0 Å². The predicted molar refractivity (Wildman–Crippen MR) is 65.4 cm³/mol. The first-order chi connectivity index (χ1) is 7.22. The first-order valence-electron chi connectivity index (χ1n) is 4.74. The largest absolute Gasteiger partial charge is 0.382 e. The molecule has 0 bridgehead atoms. The fourth-order valence-electron chi connectivity index (χ4n) is 1.62. The number of nitrogens with two attached hydrogens (primary N) is 1. The van der Waals surface area contributed by atoms with Crippen molar-refractivity contribution in [1.29, 1.82) is 5.26 Å². The van der Waals surface area contributed by atoms with Crippen molar-refractivity contribution < 1.29 is 0 Å². The fourth-order valence-corrected chi connectivity index (χ4v) is 3.43. The lowest BCUT2D eigenvalue weighted by atomic mass is 10.3. The van der Waals surface area contributed by atoms with Crippen LogP contribution in [0.15, 0.2) is 0 Å². The molecule has 0 aromatic carbocycles. The lowest BCUT2D eigenvalue weighted by Crippen LogP contribution is -2.36. The van der Waals surface area contributed by atoms with E-state index in [1.54, 1.807) is 0 Å². The van der Waals surface area contributed by atoms with E-state index in [-0.39, 0.29) is 0 Å². The monoisotopic (exact) mass is 240 g/mol. The molecule has 0 amide bonds. The number of nitrogens with zero attached hydrogens (tertiary/aromatic N) is 3. The number of aromatic nitrogens is 1. The predicted octanol–water partition coefficient (Wildman–Crippen LogP) is 1.54. The van der Waals surface area contributed by atoms with Gasteiger partial charge in [0.1, 0.15) is 16.6 Å². The van der Waals surface area contributed by atoms with Gasteiger partial charge in [-0.15, -0.1) is 0 Å². The highest BCUT2D eigenvalue weighted by atomic mass is 32.2. The van der Waals surface area contributed by atoms with Crippen LogP contribution in [0.3, 0.4) is 0 Å². The summed E-state index contributed by atoms with van der Waals surface area (Å²) in [6, 6.07) is 2.13. The Morgan fingerprint density at radius 2 is 2.47 bits per heavy atom. The zero-order valence-corrected chi connectivity index (χ0v) is 10.1. The summed E-state index contributed by atoms with van der Waals surface area (Å²) in [5.41, 5.74) is 6.18. The minimum atomic E-state index is 0.364. The van der Waals surface area contributed by atoms with Gasteiger partial charge in [-0.05, 0) is 11.5 Å². The summed E-state index contributed by atoms with van der Waals surface area (Å²) in [6.45, 7) is 4.15. The molecule has 0 aliphatic carbocycles. The Labute approximate surface area is 97.2 Å². The summed E-state index contributed by atoms with van der Waals surface area (Å²) in [6.07, 6.45) is 0. The first-order valence-corrected chi connectivity index (χ1v) is 6.56. The van der Waals surface area contributed by atoms with Gasteiger partial charge in [0.2, 0.25) is 0 Å². The summed E-state index contributed by atoms with van der Waals surface area (Å²) < 4.78 is 4.04. The molecule has 0 radical (unpaired) electrons. The van der Waals surface area contributed by atoms with Crippen LogP contribution < -0.4 is 10.6 Å². The Balaban J connectivity index is 2.25. The number of anilines is 2. The van der Waals surface area contributed by atoms with Crippen LogP contribution in [0.4, 0.5) is 10.8 Å². The molecule has 2 heterocycles. The van der Waals surface area contributed by atoms with Gasteiger partial charge in [-0.2, -0.15) is 21.4 Å². The SMILES string of the molecule is CC1CN(c2snc(N)c2C#N)CCS1. The normalized spacial score (nSPS) is 21.3. The molecule has 0 spiro atoms. The zero-order valence-electron chi connectivity index (χ0n) is 8.43. The van der Waals surface area contributed by atoms with E-state index in [1.807, 2.05) is 11.8 Å². The third-order valence-corrected chi connectivity index (χ3v) is 4.40. The van der Waals surface area contributed by atoms with Crippen molar-refractivity contribution in [2.24, 2.45) is 0 Å². The first kappa shape index (κ1) is 10.6. The third kappa shape index (κ3) is 2.03. The van der Waals surface area contributed by atoms with Crippen LogP contribution in [0.5, 0.6) is 0 Å². The molecule has 1 aromatic rings. The fraction of sp³-hybridized carbons (Fsp3) is 0.556. The molecule has 1 saturated heterocycles. The molecule has 1 aliphatic heterocycles. The molecule has 1 atom stereocenters. The second-order valence-corrected chi connectivity index (χ2v) is 5.79. The summed E-state index contributed by atoms with van der Waals surface area (Å²) >= 11 is 3.29. The lowest BCUT2D eigenvalue weighted by Gasteiger charge is -2.31. The van der Waals surface area contributed by atoms with E-state index in [1.165, 1.54) is 11.5 Å². The Morgan fingerprint density at radius 3 is 3.13 bits per heavy atom. The Kier molecular flexibility index (Phi) is 3.03. The standard InChI is InChI=1S/C9H12N4S2/c1-6-5-13(2-3-14-6)9-7(4-10)8(11)12-15-9/h6H,2-3,5H2,1H3,(H2,11,12). The highest BCUT2D eigenvalue weighted by Crippen LogP contribution is 2.32. The van der Waals surface area contributed by atoms with Crippen molar-refractivity contribution >= 4 is 34.1 Å². The van der Waals surface area contributed by atoms with E-state index in [0.717, 1.165) is 23.8 Å². The minimum Gasteiger partial charge on any atom is -0.382 e. The molecular formula is C9H12N4S2. The number of nitriles is 1. The van der Waals surface area contributed by atoms with Gasteiger partial charge in [0.15, 0.2) is 5.82 Å². The van der Waals surface area contributed by atoms with Gasteiger partial charge < -0.3 is 10.6 Å².